The highest BCUT2D eigenvalue weighted by Crippen LogP contribution is 2.22. The number of carbonyl (C=O) groups is 1. The monoisotopic (exact) mass is 306 g/mol. The first-order valence-electron chi connectivity index (χ1n) is 7.97. The number of rotatable bonds is 4. The average Bonchev–Trinajstić information content (AvgIpc) is 2.96. The van der Waals surface area contributed by atoms with Gasteiger partial charge in [0.2, 0.25) is 0 Å². The van der Waals surface area contributed by atoms with Crippen LogP contribution in [0.25, 0.3) is 10.8 Å². The summed E-state index contributed by atoms with van der Waals surface area (Å²) in [6, 6.07) is 18.2. The van der Waals surface area contributed by atoms with Gasteiger partial charge in [-0.15, -0.1) is 0 Å². The molecule has 0 spiro atoms. The van der Waals surface area contributed by atoms with Crippen LogP contribution in [0.1, 0.15) is 29.9 Å². The van der Waals surface area contributed by atoms with E-state index in [2.05, 4.69) is 24.5 Å². The highest BCUT2D eigenvalue weighted by atomic mass is 16.2. The average molecular weight is 306 g/mol. The number of amides is 1. The molecule has 3 aromatic rings. The molecular weight excluding hydrogens is 284 g/mol. The lowest BCUT2D eigenvalue weighted by Crippen LogP contribution is -2.37. The molecule has 118 valence electrons. The van der Waals surface area contributed by atoms with Crippen LogP contribution in [0.3, 0.4) is 0 Å². The van der Waals surface area contributed by atoms with Crippen LogP contribution in [-0.4, -0.2) is 21.4 Å². The number of aromatic nitrogens is 1. The lowest BCUT2D eigenvalue weighted by Gasteiger charge is -2.27. The van der Waals surface area contributed by atoms with Crippen molar-refractivity contribution in [3.63, 3.8) is 0 Å². The molecule has 0 atom stereocenters. The molecule has 1 heterocycles. The number of aryl methyl sites for hydroxylation is 1. The first-order chi connectivity index (χ1) is 11.1. The minimum absolute atomic E-state index is 0.0815. The van der Waals surface area contributed by atoms with Crippen molar-refractivity contribution < 1.29 is 4.79 Å². The largest absolute Gasteiger partial charge is 0.353 e. The molecule has 2 aromatic carbocycles. The van der Waals surface area contributed by atoms with Crippen LogP contribution in [0.15, 0.2) is 60.8 Å². The summed E-state index contributed by atoms with van der Waals surface area (Å²) in [5.74, 6) is 0.0815. The SMILES string of the molecule is CC(C)N(Cc1cccn1C)C(=O)c1cccc2ccccc12. The highest BCUT2D eigenvalue weighted by Gasteiger charge is 2.21. The maximum atomic E-state index is 13.2. The van der Waals surface area contributed by atoms with Gasteiger partial charge in [-0.05, 0) is 42.8 Å². The second-order valence-corrected chi connectivity index (χ2v) is 6.16. The molecule has 3 heteroatoms. The maximum Gasteiger partial charge on any atom is 0.255 e. The van der Waals surface area contributed by atoms with E-state index in [0.29, 0.717) is 6.54 Å². The van der Waals surface area contributed by atoms with Crippen molar-refractivity contribution in [1.82, 2.24) is 9.47 Å². The first kappa shape index (κ1) is 15.3. The van der Waals surface area contributed by atoms with Crippen LogP contribution in [0.2, 0.25) is 0 Å². The minimum atomic E-state index is 0.0815. The molecule has 0 saturated heterocycles. The van der Waals surface area contributed by atoms with E-state index in [0.717, 1.165) is 22.0 Å². The summed E-state index contributed by atoms with van der Waals surface area (Å²) in [6.45, 7) is 4.74. The Balaban J connectivity index is 1.99. The van der Waals surface area contributed by atoms with Gasteiger partial charge in [-0.3, -0.25) is 4.79 Å². The second-order valence-electron chi connectivity index (χ2n) is 6.16. The molecule has 3 nitrogen and oxygen atoms in total. The predicted molar refractivity (Wildman–Crippen MR) is 94.4 cm³/mol. The Kier molecular flexibility index (Phi) is 4.20. The summed E-state index contributed by atoms with van der Waals surface area (Å²) in [7, 11) is 2.01. The zero-order valence-electron chi connectivity index (χ0n) is 13.9. The molecule has 0 bridgehead atoms. The van der Waals surface area contributed by atoms with Crippen LogP contribution >= 0.6 is 0 Å². The molecule has 0 aliphatic heterocycles. The Labute approximate surface area is 137 Å². The van der Waals surface area contributed by atoms with Gasteiger partial charge in [-0.2, -0.15) is 0 Å². The Morgan fingerprint density at radius 2 is 1.78 bits per heavy atom. The van der Waals surface area contributed by atoms with Gasteiger partial charge in [0.15, 0.2) is 0 Å². The summed E-state index contributed by atoms with van der Waals surface area (Å²) in [6.07, 6.45) is 2.01. The van der Waals surface area contributed by atoms with Crippen molar-refractivity contribution >= 4 is 16.7 Å². The Morgan fingerprint density at radius 3 is 2.48 bits per heavy atom. The molecule has 0 aliphatic carbocycles. The van der Waals surface area contributed by atoms with E-state index in [1.807, 2.05) is 66.7 Å². The van der Waals surface area contributed by atoms with Gasteiger partial charge >= 0.3 is 0 Å². The third-order valence-corrected chi connectivity index (χ3v) is 4.29. The van der Waals surface area contributed by atoms with Crippen molar-refractivity contribution in [2.45, 2.75) is 26.4 Å². The van der Waals surface area contributed by atoms with Crippen molar-refractivity contribution in [2.24, 2.45) is 7.05 Å². The van der Waals surface area contributed by atoms with E-state index < -0.39 is 0 Å². The van der Waals surface area contributed by atoms with Crippen molar-refractivity contribution in [3.8, 4) is 0 Å². The fraction of sp³-hybridized carbons (Fsp3) is 0.250. The van der Waals surface area contributed by atoms with Gasteiger partial charge in [-0.25, -0.2) is 0 Å². The summed E-state index contributed by atoms with van der Waals surface area (Å²) in [4.78, 5) is 15.1. The Bertz CT molecular complexity index is 827. The molecule has 1 aromatic heterocycles. The quantitative estimate of drug-likeness (QED) is 0.708. The van der Waals surface area contributed by atoms with Crippen molar-refractivity contribution in [1.29, 1.82) is 0 Å². The zero-order valence-corrected chi connectivity index (χ0v) is 13.9. The number of carbonyl (C=O) groups excluding carboxylic acids is 1. The number of nitrogens with zero attached hydrogens (tertiary/aromatic N) is 2. The lowest BCUT2D eigenvalue weighted by molar-refractivity contribution is 0.0688. The van der Waals surface area contributed by atoms with E-state index in [1.165, 1.54) is 0 Å². The molecule has 0 fully saturated rings. The molecule has 0 radical (unpaired) electrons. The normalized spacial score (nSPS) is 11.1. The lowest BCUT2D eigenvalue weighted by atomic mass is 10.0. The molecule has 0 saturated carbocycles. The van der Waals surface area contributed by atoms with E-state index in [1.54, 1.807) is 0 Å². The van der Waals surface area contributed by atoms with Crippen LogP contribution in [0, 0.1) is 0 Å². The van der Waals surface area contributed by atoms with Gasteiger partial charge in [0.1, 0.15) is 0 Å². The number of benzene rings is 2. The maximum absolute atomic E-state index is 13.2. The smallest absolute Gasteiger partial charge is 0.255 e. The summed E-state index contributed by atoms with van der Waals surface area (Å²) in [5.41, 5.74) is 1.90. The van der Waals surface area contributed by atoms with Gasteiger partial charge in [0, 0.05) is 30.5 Å². The fourth-order valence-corrected chi connectivity index (χ4v) is 2.89. The molecule has 3 rings (SSSR count). The molecule has 1 amide bonds. The molecule has 0 aliphatic rings. The van der Waals surface area contributed by atoms with E-state index in [9.17, 15) is 4.79 Å². The Morgan fingerprint density at radius 1 is 1.04 bits per heavy atom. The van der Waals surface area contributed by atoms with Crippen molar-refractivity contribution in [3.05, 3.63) is 72.1 Å². The third-order valence-electron chi connectivity index (χ3n) is 4.29. The number of hydrogen-bond donors (Lipinski definition) is 0. The van der Waals surface area contributed by atoms with Crippen LogP contribution in [-0.2, 0) is 13.6 Å². The highest BCUT2D eigenvalue weighted by molar-refractivity contribution is 6.07. The zero-order chi connectivity index (χ0) is 16.4. The molecule has 0 unspecified atom stereocenters. The van der Waals surface area contributed by atoms with Gasteiger partial charge in [0.05, 0.1) is 6.54 Å². The minimum Gasteiger partial charge on any atom is -0.353 e. The Hall–Kier alpha value is -2.55. The van der Waals surface area contributed by atoms with Crippen LogP contribution in [0.5, 0.6) is 0 Å². The van der Waals surface area contributed by atoms with Crippen LogP contribution < -0.4 is 0 Å². The fourth-order valence-electron chi connectivity index (χ4n) is 2.89. The molecule has 0 N–H and O–H groups in total. The number of hydrogen-bond acceptors (Lipinski definition) is 1. The molecule has 23 heavy (non-hydrogen) atoms. The van der Waals surface area contributed by atoms with E-state index >= 15 is 0 Å². The van der Waals surface area contributed by atoms with E-state index in [4.69, 9.17) is 0 Å². The van der Waals surface area contributed by atoms with Gasteiger partial charge < -0.3 is 9.47 Å². The summed E-state index contributed by atoms with van der Waals surface area (Å²) in [5, 5.41) is 2.11. The van der Waals surface area contributed by atoms with E-state index in [-0.39, 0.29) is 11.9 Å². The standard InChI is InChI=1S/C20H22N2O/c1-15(2)22(14-17-10-7-13-21(17)3)20(23)19-12-6-9-16-8-4-5-11-18(16)19/h4-13,15H,14H2,1-3H3. The molecular formula is C20H22N2O. The van der Waals surface area contributed by atoms with Gasteiger partial charge in [-0.1, -0.05) is 36.4 Å². The van der Waals surface area contributed by atoms with Crippen molar-refractivity contribution in [2.75, 3.05) is 0 Å². The number of fused-ring (bicyclic) bond motifs is 1. The second kappa shape index (κ2) is 6.29. The van der Waals surface area contributed by atoms with Crippen LogP contribution in [0.4, 0.5) is 0 Å². The summed E-state index contributed by atoms with van der Waals surface area (Å²) >= 11 is 0. The predicted octanol–water partition coefficient (Wildman–Crippen LogP) is 4.23. The first-order valence-corrected chi connectivity index (χ1v) is 7.97. The van der Waals surface area contributed by atoms with Gasteiger partial charge in [0.25, 0.3) is 5.91 Å². The summed E-state index contributed by atoms with van der Waals surface area (Å²) < 4.78 is 2.06. The third kappa shape index (κ3) is 3.00. The topological polar surface area (TPSA) is 25.2 Å².